The van der Waals surface area contributed by atoms with Gasteiger partial charge in [-0.15, -0.1) is 0 Å². The van der Waals surface area contributed by atoms with Gasteiger partial charge >= 0.3 is 0 Å². The lowest BCUT2D eigenvalue weighted by atomic mass is 10.1. The van der Waals surface area contributed by atoms with Gasteiger partial charge in [0.2, 0.25) is 10.0 Å². The van der Waals surface area contributed by atoms with Gasteiger partial charge in [-0.05, 0) is 55.7 Å². The van der Waals surface area contributed by atoms with Gasteiger partial charge < -0.3 is 5.73 Å². The fraction of sp³-hybridized carbons (Fsp3) is 0.571. The first-order valence-electron chi connectivity index (χ1n) is 6.90. The van der Waals surface area contributed by atoms with E-state index >= 15 is 0 Å². The molecular formula is C14H21ClN2O2S2. The van der Waals surface area contributed by atoms with Gasteiger partial charge in [0.25, 0.3) is 0 Å². The summed E-state index contributed by atoms with van der Waals surface area (Å²) in [6.07, 6.45) is 2.17. The van der Waals surface area contributed by atoms with E-state index in [4.69, 9.17) is 17.3 Å². The number of thioether (sulfide) groups is 1. The average Bonchev–Trinajstić information content (AvgIpc) is 2.86. The second kappa shape index (κ2) is 6.46. The van der Waals surface area contributed by atoms with Gasteiger partial charge in [0.05, 0.1) is 4.90 Å². The molecule has 1 atom stereocenters. The van der Waals surface area contributed by atoms with Crippen molar-refractivity contribution in [1.82, 2.24) is 4.72 Å². The van der Waals surface area contributed by atoms with Crippen LogP contribution in [0.1, 0.15) is 30.9 Å². The lowest BCUT2D eigenvalue weighted by Crippen LogP contribution is -2.37. The first-order chi connectivity index (χ1) is 9.77. The molecule has 3 N–H and O–H groups in total. The molecule has 7 heteroatoms. The number of sulfonamides is 1. The number of rotatable bonds is 5. The van der Waals surface area contributed by atoms with Crippen LogP contribution in [-0.4, -0.2) is 25.5 Å². The minimum absolute atomic E-state index is 0.0176. The van der Waals surface area contributed by atoms with E-state index in [1.807, 2.05) is 11.8 Å². The van der Waals surface area contributed by atoms with Gasteiger partial charge in [-0.25, -0.2) is 13.1 Å². The zero-order valence-corrected chi connectivity index (χ0v) is 14.7. The maximum atomic E-state index is 12.6. The highest BCUT2D eigenvalue weighted by molar-refractivity contribution is 8.01. The summed E-state index contributed by atoms with van der Waals surface area (Å²) in [7, 11) is -3.57. The maximum absolute atomic E-state index is 12.6. The highest BCUT2D eigenvalue weighted by Gasteiger charge is 2.31. The Kier molecular flexibility index (Phi) is 5.26. The third-order valence-corrected chi connectivity index (χ3v) is 7.16. The third-order valence-electron chi connectivity index (χ3n) is 3.88. The molecule has 1 unspecified atom stereocenters. The second-order valence-corrected chi connectivity index (χ2v) is 9.47. The van der Waals surface area contributed by atoms with Crippen LogP contribution < -0.4 is 10.5 Å². The molecule has 1 aliphatic heterocycles. The number of hydrogen-bond acceptors (Lipinski definition) is 4. The summed E-state index contributed by atoms with van der Waals surface area (Å²) in [5.41, 5.74) is 7.07. The van der Waals surface area contributed by atoms with Crippen molar-refractivity contribution in [1.29, 1.82) is 0 Å². The van der Waals surface area contributed by atoms with Gasteiger partial charge in [-0.1, -0.05) is 11.6 Å². The predicted octanol–water partition coefficient (Wildman–Crippen LogP) is 2.67. The molecule has 4 nitrogen and oxygen atoms in total. The van der Waals surface area contributed by atoms with Crippen molar-refractivity contribution < 1.29 is 8.42 Å². The van der Waals surface area contributed by atoms with Crippen LogP contribution in [-0.2, 0) is 16.6 Å². The maximum Gasteiger partial charge on any atom is 0.240 e. The van der Waals surface area contributed by atoms with Gasteiger partial charge in [-0.2, -0.15) is 11.8 Å². The molecule has 0 spiro atoms. The summed E-state index contributed by atoms with van der Waals surface area (Å²) in [6, 6.07) is 3.20. The van der Waals surface area contributed by atoms with Gasteiger partial charge in [0.1, 0.15) is 0 Å². The lowest BCUT2D eigenvalue weighted by Gasteiger charge is -2.23. The fourth-order valence-corrected chi connectivity index (χ4v) is 5.62. The minimum Gasteiger partial charge on any atom is -0.326 e. The largest absolute Gasteiger partial charge is 0.326 e. The number of hydrogen-bond donors (Lipinski definition) is 2. The zero-order chi connectivity index (χ0) is 15.7. The monoisotopic (exact) mass is 348 g/mol. The SMILES string of the molecule is Cc1c(CN)cc(Cl)cc1S(=O)(=O)NCC1(C)CCCS1. The Labute approximate surface area is 135 Å². The van der Waals surface area contributed by atoms with Crippen molar-refractivity contribution in [2.75, 3.05) is 12.3 Å². The Balaban J connectivity index is 2.25. The third kappa shape index (κ3) is 3.93. The van der Waals surface area contributed by atoms with E-state index in [0.717, 1.165) is 24.2 Å². The molecule has 1 aromatic carbocycles. The molecule has 0 amide bonds. The topological polar surface area (TPSA) is 72.2 Å². The van der Waals surface area contributed by atoms with Crippen LogP contribution in [0.25, 0.3) is 0 Å². The minimum atomic E-state index is -3.57. The van der Waals surface area contributed by atoms with Crippen LogP contribution in [0.15, 0.2) is 17.0 Å². The van der Waals surface area contributed by atoms with Crippen LogP contribution in [0.5, 0.6) is 0 Å². The summed E-state index contributed by atoms with van der Waals surface area (Å²) < 4.78 is 27.8. The molecule has 0 aliphatic carbocycles. The van der Waals surface area contributed by atoms with Crippen molar-refractivity contribution in [3.63, 3.8) is 0 Å². The molecule has 0 saturated carbocycles. The van der Waals surface area contributed by atoms with Crippen LogP contribution in [0.3, 0.4) is 0 Å². The Bertz CT molecular complexity index is 626. The Morgan fingerprint density at radius 1 is 1.48 bits per heavy atom. The van der Waals surface area contributed by atoms with Gasteiger partial charge in [0.15, 0.2) is 0 Å². The summed E-state index contributed by atoms with van der Waals surface area (Å²) in [5, 5.41) is 0.392. The van der Waals surface area contributed by atoms with Crippen LogP contribution in [0, 0.1) is 6.92 Å². The lowest BCUT2D eigenvalue weighted by molar-refractivity contribution is 0.552. The molecule has 1 heterocycles. The molecule has 21 heavy (non-hydrogen) atoms. The van der Waals surface area contributed by atoms with Crippen LogP contribution >= 0.6 is 23.4 Å². The summed E-state index contributed by atoms with van der Waals surface area (Å²) in [5.74, 6) is 1.09. The van der Waals surface area contributed by atoms with Crippen molar-refractivity contribution in [3.8, 4) is 0 Å². The second-order valence-electron chi connectivity index (χ2n) is 5.62. The molecule has 1 saturated heterocycles. The van der Waals surface area contributed by atoms with Crippen molar-refractivity contribution >= 4 is 33.4 Å². The molecule has 0 radical (unpaired) electrons. The quantitative estimate of drug-likeness (QED) is 0.858. The van der Waals surface area contributed by atoms with E-state index in [-0.39, 0.29) is 16.2 Å². The smallest absolute Gasteiger partial charge is 0.240 e. The Morgan fingerprint density at radius 2 is 2.19 bits per heavy atom. The average molecular weight is 349 g/mol. The zero-order valence-electron chi connectivity index (χ0n) is 12.3. The highest BCUT2D eigenvalue weighted by atomic mass is 35.5. The predicted molar refractivity (Wildman–Crippen MR) is 89.4 cm³/mol. The Morgan fingerprint density at radius 3 is 2.76 bits per heavy atom. The molecular weight excluding hydrogens is 328 g/mol. The van der Waals surface area contributed by atoms with E-state index in [1.165, 1.54) is 6.07 Å². The van der Waals surface area contributed by atoms with E-state index in [9.17, 15) is 8.42 Å². The van der Waals surface area contributed by atoms with Crippen LogP contribution in [0.4, 0.5) is 0 Å². The molecule has 0 aromatic heterocycles. The van der Waals surface area contributed by atoms with Crippen molar-refractivity contribution in [2.45, 2.75) is 42.9 Å². The number of benzene rings is 1. The highest BCUT2D eigenvalue weighted by Crippen LogP contribution is 2.37. The number of halogens is 1. The van der Waals surface area contributed by atoms with Crippen molar-refractivity contribution in [2.24, 2.45) is 5.73 Å². The first kappa shape index (κ1) is 17.1. The summed E-state index contributed by atoms with van der Waals surface area (Å²) in [6.45, 7) is 4.56. The van der Waals surface area contributed by atoms with E-state index in [2.05, 4.69) is 11.6 Å². The van der Waals surface area contributed by atoms with E-state index in [0.29, 0.717) is 17.1 Å². The van der Waals surface area contributed by atoms with E-state index in [1.54, 1.807) is 13.0 Å². The van der Waals surface area contributed by atoms with Crippen molar-refractivity contribution in [3.05, 3.63) is 28.3 Å². The molecule has 1 aliphatic rings. The number of nitrogens with one attached hydrogen (secondary N) is 1. The van der Waals surface area contributed by atoms with E-state index < -0.39 is 10.0 Å². The Hall–Kier alpha value is -0.270. The number of nitrogens with two attached hydrogens (primary N) is 1. The molecule has 118 valence electrons. The molecule has 1 aromatic rings. The van der Waals surface area contributed by atoms with Crippen LogP contribution in [0.2, 0.25) is 5.02 Å². The first-order valence-corrected chi connectivity index (χ1v) is 9.75. The molecule has 2 rings (SSSR count). The summed E-state index contributed by atoms with van der Waals surface area (Å²) >= 11 is 7.83. The fourth-order valence-electron chi connectivity index (χ4n) is 2.50. The van der Waals surface area contributed by atoms with Gasteiger partial charge in [-0.3, -0.25) is 0 Å². The summed E-state index contributed by atoms with van der Waals surface area (Å²) in [4.78, 5) is 0.224. The molecule has 0 bridgehead atoms. The van der Waals surface area contributed by atoms with Gasteiger partial charge in [0, 0.05) is 22.9 Å². The normalized spacial score (nSPS) is 22.7. The standard InChI is InChI=1S/C14H21ClN2O2S2/c1-10-11(8-16)6-12(15)7-13(10)21(18,19)17-9-14(2)4-3-5-20-14/h6-7,17H,3-5,8-9,16H2,1-2H3. The molecule has 1 fully saturated rings.